The Morgan fingerprint density at radius 2 is 0.757 bits per heavy atom. The molecule has 4 fully saturated rings. The van der Waals surface area contributed by atoms with E-state index >= 15 is 0 Å². The quantitative estimate of drug-likeness (QED) is 0.158. The SMILES string of the molecule is C1CCC([PH+](CC[PH+](C2CCCCC2)C2CCCCC2)C2CCCCC2)CC1.CC(C(=O)O)C(=O)O.[Ni]. The number of carbonyl (C=O) groups is 2. The third kappa shape index (κ3) is 11.4. The summed E-state index contributed by atoms with van der Waals surface area (Å²) in [4.78, 5) is 19.5. The molecule has 0 aromatic heterocycles. The first kappa shape index (κ1) is 33.5. The van der Waals surface area contributed by atoms with Gasteiger partial charge in [-0.25, -0.2) is 0 Å². The molecule has 37 heavy (non-hydrogen) atoms. The van der Waals surface area contributed by atoms with Crippen molar-refractivity contribution in [1.29, 1.82) is 0 Å². The predicted octanol–water partition coefficient (Wildman–Crippen LogP) is 8.53. The first-order chi connectivity index (χ1) is 17.5. The molecule has 0 aromatic carbocycles. The van der Waals surface area contributed by atoms with E-state index in [-0.39, 0.29) is 32.3 Å². The van der Waals surface area contributed by atoms with E-state index in [0.29, 0.717) is 0 Å². The number of hydrogen-bond donors (Lipinski definition) is 2. The number of hydrogen-bond acceptors (Lipinski definition) is 2. The van der Waals surface area contributed by atoms with Gasteiger partial charge in [-0.15, -0.1) is 0 Å². The summed E-state index contributed by atoms with van der Waals surface area (Å²) < 4.78 is 0. The Morgan fingerprint density at radius 1 is 0.541 bits per heavy atom. The molecule has 218 valence electrons. The largest absolute Gasteiger partial charge is 0.481 e. The zero-order chi connectivity index (χ0) is 25.8. The molecule has 0 bridgehead atoms. The van der Waals surface area contributed by atoms with Crippen molar-refractivity contribution in [1.82, 2.24) is 0 Å². The van der Waals surface area contributed by atoms with Crippen LogP contribution in [0, 0.1) is 5.92 Å². The van der Waals surface area contributed by atoms with Crippen molar-refractivity contribution in [3.05, 3.63) is 0 Å². The van der Waals surface area contributed by atoms with Crippen molar-refractivity contribution in [2.75, 3.05) is 12.3 Å². The van der Waals surface area contributed by atoms with Crippen molar-refractivity contribution < 1.29 is 36.3 Å². The predicted molar refractivity (Wildman–Crippen MR) is 158 cm³/mol. The molecule has 0 aliphatic heterocycles. The Bertz CT molecular complexity index is 549. The van der Waals surface area contributed by atoms with Gasteiger partial charge in [0, 0.05) is 32.3 Å². The van der Waals surface area contributed by atoms with Crippen molar-refractivity contribution in [2.45, 2.75) is 158 Å². The van der Waals surface area contributed by atoms with Gasteiger partial charge in [0.25, 0.3) is 0 Å². The molecule has 0 radical (unpaired) electrons. The van der Waals surface area contributed by atoms with Crippen LogP contribution in [0.4, 0.5) is 0 Å². The van der Waals surface area contributed by atoms with E-state index in [4.69, 9.17) is 10.2 Å². The van der Waals surface area contributed by atoms with E-state index in [0.717, 1.165) is 6.92 Å². The molecule has 0 heterocycles. The fourth-order valence-electron chi connectivity index (χ4n) is 7.77. The van der Waals surface area contributed by atoms with E-state index in [1.165, 1.54) is 22.6 Å². The van der Waals surface area contributed by atoms with Gasteiger partial charge in [0.1, 0.15) is 0 Å². The Kier molecular flexibility index (Phi) is 16.8. The maximum atomic E-state index is 9.76. The summed E-state index contributed by atoms with van der Waals surface area (Å²) in [6.45, 7) is 1.12. The first-order valence-electron chi connectivity index (χ1n) is 15.6. The van der Waals surface area contributed by atoms with Gasteiger partial charge in [0.15, 0.2) is 5.92 Å². The minimum Gasteiger partial charge on any atom is -0.481 e. The molecule has 0 amide bonds. The zero-order valence-electron chi connectivity index (χ0n) is 23.5. The van der Waals surface area contributed by atoms with Crippen LogP contribution < -0.4 is 0 Å². The second-order valence-corrected chi connectivity index (χ2v) is 19.0. The molecule has 0 aromatic rings. The van der Waals surface area contributed by atoms with E-state index < -0.39 is 17.9 Å². The van der Waals surface area contributed by atoms with Crippen LogP contribution >= 0.6 is 15.8 Å². The van der Waals surface area contributed by atoms with Gasteiger partial charge in [-0.05, 0) is 110 Å². The van der Waals surface area contributed by atoms with Crippen molar-refractivity contribution in [3.63, 3.8) is 0 Å². The van der Waals surface area contributed by atoms with Crippen LogP contribution in [0.1, 0.15) is 135 Å². The molecule has 0 atom stereocenters. The van der Waals surface area contributed by atoms with Gasteiger partial charge in [-0.2, -0.15) is 0 Å². The molecule has 0 unspecified atom stereocenters. The summed E-state index contributed by atoms with van der Waals surface area (Å²) in [5, 5.41) is 15.9. The number of carboxylic acids is 2. The molecule has 4 aliphatic rings. The first-order valence-corrected chi connectivity index (χ1v) is 19.4. The molecule has 7 heteroatoms. The molecule has 0 spiro atoms. The van der Waals surface area contributed by atoms with Crippen LogP contribution in [-0.2, 0) is 26.1 Å². The normalized spacial score (nSPS) is 22.9. The van der Waals surface area contributed by atoms with Gasteiger partial charge >= 0.3 is 11.9 Å². The fraction of sp³-hybridized carbons (Fsp3) is 0.933. The molecule has 4 rings (SSSR count). The zero-order valence-corrected chi connectivity index (χ0v) is 26.5. The van der Waals surface area contributed by atoms with Crippen LogP contribution in [0.5, 0.6) is 0 Å². The Hall–Kier alpha value is 0.294. The summed E-state index contributed by atoms with van der Waals surface area (Å²) >= 11 is 0. The standard InChI is InChI=1S/C26H48P2.C4H6O4.Ni/c1-5-13-23(14-6-1)27(24-15-7-2-8-16-24)21-22-28(25-17-9-3-10-18-25)26-19-11-4-12-20-26;1-2(3(5)6)4(7)8;/h23-26H,1-22H2;2H,1H3,(H,5,6)(H,7,8);/p+2. The van der Waals surface area contributed by atoms with E-state index in [2.05, 4.69) is 0 Å². The molecular weight excluding hydrogens is 545 g/mol. The van der Waals surface area contributed by atoms with Gasteiger partial charge in [-0.3, -0.25) is 9.59 Å². The van der Waals surface area contributed by atoms with E-state index in [9.17, 15) is 9.59 Å². The molecular formula is C30H56NiO4P2+2. The van der Waals surface area contributed by atoms with Gasteiger partial charge in [0.2, 0.25) is 0 Å². The topological polar surface area (TPSA) is 74.6 Å². The van der Waals surface area contributed by atoms with Crippen LogP contribution in [0.3, 0.4) is 0 Å². The molecule has 4 aliphatic carbocycles. The van der Waals surface area contributed by atoms with Gasteiger partial charge < -0.3 is 10.2 Å². The number of rotatable bonds is 9. The molecule has 4 saturated carbocycles. The maximum absolute atomic E-state index is 9.76. The molecule has 0 saturated heterocycles. The average Bonchev–Trinajstić information content (AvgIpc) is 2.93. The molecule has 2 N–H and O–H groups in total. The second kappa shape index (κ2) is 18.6. The van der Waals surface area contributed by atoms with Crippen LogP contribution in [0.2, 0.25) is 0 Å². The van der Waals surface area contributed by atoms with Crippen molar-refractivity contribution >= 4 is 27.8 Å². The maximum Gasteiger partial charge on any atom is 0.317 e. The van der Waals surface area contributed by atoms with Crippen molar-refractivity contribution in [2.24, 2.45) is 5.92 Å². The Labute approximate surface area is 239 Å². The van der Waals surface area contributed by atoms with Crippen LogP contribution in [-0.4, -0.2) is 57.1 Å². The average molecular weight is 601 g/mol. The number of aliphatic carboxylic acids is 2. The summed E-state index contributed by atoms with van der Waals surface area (Å²) in [5.74, 6) is -3.91. The molecule has 4 nitrogen and oxygen atoms in total. The summed E-state index contributed by atoms with van der Waals surface area (Å²) in [6, 6.07) is 0. The second-order valence-electron chi connectivity index (χ2n) is 12.4. The van der Waals surface area contributed by atoms with Crippen LogP contribution in [0.25, 0.3) is 0 Å². The fourth-order valence-corrected chi connectivity index (χ4v) is 17.6. The minimum absolute atomic E-state index is 0. The Balaban J connectivity index is 0.000000467. The third-order valence-corrected chi connectivity index (χ3v) is 18.6. The van der Waals surface area contributed by atoms with E-state index in [1.807, 2.05) is 0 Å². The van der Waals surface area contributed by atoms with Crippen LogP contribution in [0.15, 0.2) is 0 Å². The summed E-state index contributed by atoms with van der Waals surface area (Å²) in [5.41, 5.74) is 4.90. The number of carboxylic acid groups (broad SMARTS) is 2. The van der Waals surface area contributed by atoms with E-state index in [1.54, 1.807) is 141 Å². The smallest absolute Gasteiger partial charge is 0.317 e. The summed E-state index contributed by atoms with van der Waals surface area (Å²) in [6.07, 6.45) is 35.5. The monoisotopic (exact) mass is 600 g/mol. The van der Waals surface area contributed by atoms with Crippen molar-refractivity contribution in [3.8, 4) is 0 Å². The van der Waals surface area contributed by atoms with Gasteiger partial charge in [-0.1, -0.05) is 25.7 Å². The minimum atomic E-state index is -1.31. The van der Waals surface area contributed by atoms with Gasteiger partial charge in [0.05, 0.1) is 35.0 Å². The Morgan fingerprint density at radius 3 is 0.919 bits per heavy atom. The summed E-state index contributed by atoms with van der Waals surface area (Å²) in [7, 11) is -0.182. The third-order valence-electron chi connectivity index (χ3n) is 9.96.